The van der Waals surface area contributed by atoms with Crippen LogP contribution in [0.25, 0.3) is 0 Å². The molecule has 134 valence electrons. The van der Waals surface area contributed by atoms with Crippen LogP contribution in [0.4, 0.5) is 14.6 Å². The minimum absolute atomic E-state index is 0.0193. The summed E-state index contributed by atoms with van der Waals surface area (Å²) in [7, 11) is -3.88. The number of aromatic nitrogens is 1. The zero-order valence-corrected chi connectivity index (χ0v) is 14.5. The summed E-state index contributed by atoms with van der Waals surface area (Å²) < 4.78 is 58.4. The molecule has 1 aromatic heterocycles. The zero-order chi connectivity index (χ0) is 17.4. The van der Waals surface area contributed by atoms with Gasteiger partial charge in [0.1, 0.15) is 11.0 Å². The Morgan fingerprint density at radius 2 is 1.75 bits per heavy atom. The molecule has 2 fully saturated rings. The number of ether oxygens (including phenoxy) is 1. The molecule has 3 rings (SSSR count). The molecule has 2 aliphatic heterocycles. The average Bonchev–Trinajstić information content (AvgIpc) is 2.55. The summed E-state index contributed by atoms with van der Waals surface area (Å²) in [6.07, 6.45) is -0.942. The Kier molecular flexibility index (Phi) is 4.96. The van der Waals surface area contributed by atoms with Crippen LogP contribution in [-0.2, 0) is 14.8 Å². The van der Waals surface area contributed by atoms with Crippen LogP contribution >= 0.6 is 11.6 Å². The Balaban J connectivity index is 1.86. The summed E-state index contributed by atoms with van der Waals surface area (Å²) in [5.74, 6) is -2.35. The Hall–Kier alpha value is -1.03. The van der Waals surface area contributed by atoms with E-state index in [-0.39, 0.29) is 23.1 Å². The minimum Gasteiger partial charge on any atom is -0.378 e. The maximum Gasteiger partial charge on any atom is 0.250 e. The van der Waals surface area contributed by atoms with Gasteiger partial charge in [0.15, 0.2) is 0 Å². The highest BCUT2D eigenvalue weighted by Gasteiger charge is 2.39. The highest BCUT2D eigenvalue weighted by molar-refractivity contribution is 7.89. The van der Waals surface area contributed by atoms with Gasteiger partial charge >= 0.3 is 0 Å². The fourth-order valence-electron chi connectivity index (χ4n) is 2.77. The van der Waals surface area contributed by atoms with E-state index in [9.17, 15) is 17.2 Å². The molecule has 0 saturated carbocycles. The molecule has 2 aliphatic rings. The number of hydrogen-bond donors (Lipinski definition) is 0. The summed E-state index contributed by atoms with van der Waals surface area (Å²) in [5, 5.41) is 0.0555. The number of hydrogen-bond acceptors (Lipinski definition) is 5. The van der Waals surface area contributed by atoms with E-state index >= 15 is 0 Å². The molecular formula is C14H18ClF2N3O3S. The molecular weight excluding hydrogens is 364 g/mol. The number of halogens is 3. The minimum atomic E-state index is -3.88. The number of anilines is 1. The van der Waals surface area contributed by atoms with Crippen LogP contribution in [0.1, 0.15) is 12.8 Å². The van der Waals surface area contributed by atoms with Crippen LogP contribution in [-0.4, -0.2) is 63.0 Å². The summed E-state index contributed by atoms with van der Waals surface area (Å²) >= 11 is 5.99. The quantitative estimate of drug-likeness (QED) is 0.749. The Labute approximate surface area is 144 Å². The van der Waals surface area contributed by atoms with E-state index in [2.05, 4.69) is 4.98 Å². The monoisotopic (exact) mass is 381 g/mol. The lowest BCUT2D eigenvalue weighted by atomic mass is 10.1. The lowest BCUT2D eigenvalue weighted by Gasteiger charge is -2.31. The van der Waals surface area contributed by atoms with E-state index in [0.717, 1.165) is 4.31 Å². The number of pyridine rings is 1. The van der Waals surface area contributed by atoms with Crippen LogP contribution in [0.3, 0.4) is 0 Å². The molecule has 0 spiro atoms. The number of morpholine rings is 1. The second-order valence-corrected chi connectivity index (χ2v) is 8.17. The van der Waals surface area contributed by atoms with Crippen molar-refractivity contribution in [2.45, 2.75) is 23.7 Å². The molecule has 1 aromatic rings. The van der Waals surface area contributed by atoms with Crippen molar-refractivity contribution in [1.29, 1.82) is 0 Å². The van der Waals surface area contributed by atoms with Crippen molar-refractivity contribution in [3.05, 3.63) is 17.3 Å². The summed E-state index contributed by atoms with van der Waals surface area (Å²) in [5.41, 5.74) is 0. The van der Waals surface area contributed by atoms with Crippen LogP contribution < -0.4 is 4.90 Å². The maximum absolute atomic E-state index is 13.3. The van der Waals surface area contributed by atoms with E-state index in [4.69, 9.17) is 16.3 Å². The van der Waals surface area contributed by atoms with Crippen molar-refractivity contribution < 1.29 is 21.9 Å². The molecule has 0 radical (unpaired) electrons. The highest BCUT2D eigenvalue weighted by Crippen LogP contribution is 2.32. The summed E-state index contributed by atoms with van der Waals surface area (Å²) in [6.45, 7) is 1.81. The van der Waals surface area contributed by atoms with Gasteiger partial charge in [-0.3, -0.25) is 0 Å². The van der Waals surface area contributed by atoms with Crippen LogP contribution in [0.5, 0.6) is 0 Å². The van der Waals surface area contributed by atoms with Crippen LogP contribution in [0.2, 0.25) is 5.15 Å². The second kappa shape index (κ2) is 6.70. The van der Waals surface area contributed by atoms with Crippen LogP contribution in [0.15, 0.2) is 17.0 Å². The third kappa shape index (κ3) is 3.79. The van der Waals surface area contributed by atoms with Crippen molar-refractivity contribution in [3.8, 4) is 0 Å². The predicted octanol–water partition coefficient (Wildman–Crippen LogP) is 1.99. The number of alkyl halides is 2. The van der Waals surface area contributed by atoms with Crippen molar-refractivity contribution in [2.24, 2.45) is 0 Å². The van der Waals surface area contributed by atoms with E-state index in [1.54, 1.807) is 0 Å². The molecule has 10 heteroatoms. The molecule has 0 atom stereocenters. The van der Waals surface area contributed by atoms with Crippen molar-refractivity contribution >= 4 is 27.4 Å². The Morgan fingerprint density at radius 3 is 2.38 bits per heavy atom. The first-order chi connectivity index (χ1) is 11.3. The molecule has 2 saturated heterocycles. The van der Waals surface area contributed by atoms with Gasteiger partial charge < -0.3 is 9.64 Å². The average molecular weight is 382 g/mol. The highest BCUT2D eigenvalue weighted by atomic mass is 35.5. The number of sulfonamides is 1. The van der Waals surface area contributed by atoms with Gasteiger partial charge in [-0.05, 0) is 6.07 Å². The Morgan fingerprint density at radius 1 is 1.12 bits per heavy atom. The first-order valence-corrected chi connectivity index (χ1v) is 9.48. The Bertz CT molecular complexity index is 701. The number of rotatable bonds is 3. The van der Waals surface area contributed by atoms with E-state index < -0.39 is 28.8 Å². The largest absolute Gasteiger partial charge is 0.378 e. The van der Waals surface area contributed by atoms with Crippen molar-refractivity contribution in [1.82, 2.24) is 9.29 Å². The topological polar surface area (TPSA) is 62.7 Å². The SMILES string of the molecule is O=S(=O)(c1cc(Cl)nc(N2CCOCC2)c1)N1CCC(F)(F)CC1. The first-order valence-electron chi connectivity index (χ1n) is 7.66. The molecule has 6 nitrogen and oxygen atoms in total. The lowest BCUT2D eigenvalue weighted by molar-refractivity contribution is -0.0412. The molecule has 0 aromatic carbocycles. The van der Waals surface area contributed by atoms with Crippen molar-refractivity contribution in [2.75, 3.05) is 44.3 Å². The molecule has 0 bridgehead atoms. The standard InChI is InChI=1S/C14H18ClF2N3O3S/c15-12-9-11(10-13(18-12)19-5-7-23-8-6-19)24(21,22)20-3-1-14(16,17)2-4-20/h9-10H,1-8H2. The van der Waals surface area contributed by atoms with Gasteiger partial charge in [-0.1, -0.05) is 11.6 Å². The molecule has 0 aliphatic carbocycles. The molecule has 24 heavy (non-hydrogen) atoms. The molecule has 0 unspecified atom stereocenters. The first kappa shape index (κ1) is 17.8. The van der Waals surface area contributed by atoms with Gasteiger partial charge in [0.2, 0.25) is 10.0 Å². The third-order valence-electron chi connectivity index (χ3n) is 4.18. The van der Waals surface area contributed by atoms with Crippen molar-refractivity contribution in [3.63, 3.8) is 0 Å². The molecule has 0 amide bonds. The van der Waals surface area contributed by atoms with Gasteiger partial charge in [0, 0.05) is 45.1 Å². The molecule has 0 N–H and O–H groups in total. The van der Waals surface area contributed by atoms with Crippen LogP contribution in [0, 0.1) is 0 Å². The van der Waals surface area contributed by atoms with Gasteiger partial charge in [-0.2, -0.15) is 4.31 Å². The maximum atomic E-state index is 13.3. The van der Waals surface area contributed by atoms with Gasteiger partial charge in [0.05, 0.1) is 18.1 Å². The third-order valence-corrected chi connectivity index (χ3v) is 6.25. The zero-order valence-electron chi connectivity index (χ0n) is 12.9. The smallest absolute Gasteiger partial charge is 0.250 e. The fourth-order valence-corrected chi connectivity index (χ4v) is 4.51. The fraction of sp³-hybridized carbons (Fsp3) is 0.643. The van der Waals surface area contributed by atoms with Gasteiger partial charge in [-0.15, -0.1) is 0 Å². The summed E-state index contributed by atoms with van der Waals surface area (Å²) in [6, 6.07) is 2.70. The van der Waals surface area contributed by atoms with Gasteiger partial charge in [-0.25, -0.2) is 22.2 Å². The van der Waals surface area contributed by atoms with Gasteiger partial charge in [0.25, 0.3) is 5.92 Å². The number of nitrogens with zero attached hydrogens (tertiary/aromatic N) is 3. The number of piperidine rings is 1. The lowest BCUT2D eigenvalue weighted by Crippen LogP contribution is -2.42. The van der Waals surface area contributed by atoms with E-state index in [1.807, 2.05) is 4.90 Å². The van der Waals surface area contributed by atoms with E-state index in [1.165, 1.54) is 12.1 Å². The van der Waals surface area contributed by atoms with E-state index in [0.29, 0.717) is 32.1 Å². The normalized spacial score (nSPS) is 22.5. The summed E-state index contributed by atoms with van der Waals surface area (Å²) in [4.78, 5) is 6.04. The predicted molar refractivity (Wildman–Crippen MR) is 85.2 cm³/mol. The second-order valence-electron chi connectivity index (χ2n) is 5.84. The molecule has 3 heterocycles.